The number of nitrogens with zero attached hydrogens (tertiary/aromatic N) is 2. The van der Waals surface area contributed by atoms with E-state index in [4.69, 9.17) is 0 Å². The van der Waals surface area contributed by atoms with Crippen LogP contribution in [0.4, 0.5) is 0 Å². The van der Waals surface area contributed by atoms with Gasteiger partial charge in [-0.15, -0.1) is 0 Å². The largest absolute Gasteiger partial charge is 0.296 e. The fourth-order valence-corrected chi connectivity index (χ4v) is 4.53. The van der Waals surface area contributed by atoms with Gasteiger partial charge in [0.2, 0.25) is 0 Å². The monoisotopic (exact) mass is 292 g/mol. The fraction of sp³-hybridized carbons (Fsp3) is 0.450. The molecule has 22 heavy (non-hydrogen) atoms. The van der Waals surface area contributed by atoms with Gasteiger partial charge in [-0.1, -0.05) is 43.3 Å². The van der Waals surface area contributed by atoms with E-state index in [2.05, 4.69) is 65.5 Å². The van der Waals surface area contributed by atoms with E-state index in [1.54, 1.807) is 0 Å². The quantitative estimate of drug-likeness (QED) is 0.847. The molecule has 2 nitrogen and oxygen atoms in total. The lowest BCUT2D eigenvalue weighted by atomic mass is 9.71. The first-order valence-electron chi connectivity index (χ1n) is 8.49. The predicted molar refractivity (Wildman–Crippen MR) is 89.5 cm³/mol. The van der Waals surface area contributed by atoms with Gasteiger partial charge in [-0.05, 0) is 47.8 Å². The number of rotatable bonds is 3. The van der Waals surface area contributed by atoms with Crippen molar-refractivity contribution >= 4 is 0 Å². The van der Waals surface area contributed by atoms with Crippen molar-refractivity contribution < 1.29 is 0 Å². The number of aromatic nitrogens is 1. The van der Waals surface area contributed by atoms with Crippen LogP contribution in [0, 0.1) is 11.8 Å². The van der Waals surface area contributed by atoms with Gasteiger partial charge in [-0.3, -0.25) is 9.88 Å². The first kappa shape index (κ1) is 14.0. The van der Waals surface area contributed by atoms with Crippen LogP contribution in [0.5, 0.6) is 0 Å². The molecule has 0 amide bonds. The minimum Gasteiger partial charge on any atom is -0.296 e. The lowest BCUT2D eigenvalue weighted by molar-refractivity contribution is 0.214. The lowest BCUT2D eigenvalue weighted by Gasteiger charge is -2.34. The van der Waals surface area contributed by atoms with Gasteiger partial charge in [0, 0.05) is 31.5 Å². The Morgan fingerprint density at radius 2 is 1.95 bits per heavy atom. The van der Waals surface area contributed by atoms with Crippen LogP contribution in [-0.4, -0.2) is 22.5 Å². The maximum atomic E-state index is 4.34. The molecule has 0 spiro atoms. The van der Waals surface area contributed by atoms with E-state index < -0.39 is 0 Å². The van der Waals surface area contributed by atoms with Gasteiger partial charge in [0.15, 0.2) is 0 Å². The van der Waals surface area contributed by atoms with Crippen LogP contribution in [0.25, 0.3) is 0 Å². The highest BCUT2D eigenvalue weighted by molar-refractivity contribution is 5.20. The minimum absolute atomic E-state index is 0.679. The lowest BCUT2D eigenvalue weighted by Crippen LogP contribution is -2.31. The van der Waals surface area contributed by atoms with E-state index in [-0.39, 0.29) is 0 Å². The summed E-state index contributed by atoms with van der Waals surface area (Å²) in [6, 6.07) is 16.0. The van der Waals surface area contributed by atoms with Crippen LogP contribution in [0.3, 0.4) is 0 Å². The van der Waals surface area contributed by atoms with Crippen LogP contribution in [0.1, 0.15) is 36.8 Å². The summed E-state index contributed by atoms with van der Waals surface area (Å²) >= 11 is 0. The van der Waals surface area contributed by atoms with Crippen LogP contribution < -0.4 is 0 Å². The summed E-state index contributed by atoms with van der Waals surface area (Å²) < 4.78 is 0. The summed E-state index contributed by atoms with van der Waals surface area (Å²) in [7, 11) is 0. The van der Waals surface area contributed by atoms with Crippen molar-refractivity contribution in [3.05, 3.63) is 66.0 Å². The molecule has 1 aliphatic carbocycles. The van der Waals surface area contributed by atoms with E-state index in [0.29, 0.717) is 5.92 Å². The average Bonchev–Trinajstić information content (AvgIpc) is 2.91. The second-order valence-electron chi connectivity index (χ2n) is 7.05. The van der Waals surface area contributed by atoms with Crippen LogP contribution in [-0.2, 0) is 6.54 Å². The van der Waals surface area contributed by atoms with Gasteiger partial charge < -0.3 is 0 Å². The molecule has 2 bridgehead atoms. The minimum atomic E-state index is 0.679. The first-order valence-corrected chi connectivity index (χ1v) is 8.49. The molecule has 0 N–H and O–H groups in total. The zero-order valence-electron chi connectivity index (χ0n) is 13.2. The SMILES string of the molecule is CC1C2CC(CC1c1cccnc1)N(Cc1ccccc1)C2. The molecule has 1 saturated heterocycles. The van der Waals surface area contributed by atoms with E-state index in [9.17, 15) is 0 Å². The maximum Gasteiger partial charge on any atom is 0.0302 e. The summed E-state index contributed by atoms with van der Waals surface area (Å²) in [5.41, 5.74) is 2.88. The third-order valence-electron chi connectivity index (χ3n) is 5.81. The summed E-state index contributed by atoms with van der Waals surface area (Å²) in [6.45, 7) is 4.82. The van der Waals surface area contributed by atoms with Gasteiger partial charge in [0.05, 0.1) is 0 Å². The predicted octanol–water partition coefficient (Wildman–Crippen LogP) is 4.10. The van der Waals surface area contributed by atoms with E-state index in [0.717, 1.165) is 24.4 Å². The summed E-state index contributed by atoms with van der Waals surface area (Å²) in [5, 5.41) is 0. The van der Waals surface area contributed by atoms with Crippen LogP contribution in [0.15, 0.2) is 54.9 Å². The Morgan fingerprint density at radius 1 is 1.09 bits per heavy atom. The van der Waals surface area contributed by atoms with Gasteiger partial charge in [0.25, 0.3) is 0 Å². The Kier molecular flexibility index (Phi) is 3.71. The Bertz CT molecular complexity index is 610. The zero-order chi connectivity index (χ0) is 14.9. The molecule has 1 aromatic heterocycles. The zero-order valence-corrected chi connectivity index (χ0v) is 13.2. The summed E-state index contributed by atoms with van der Waals surface area (Å²) in [6.07, 6.45) is 6.63. The first-order chi connectivity index (χ1) is 10.8. The molecule has 4 atom stereocenters. The van der Waals surface area contributed by atoms with Crippen molar-refractivity contribution in [2.24, 2.45) is 11.8 Å². The molecule has 114 valence electrons. The molecule has 1 saturated carbocycles. The smallest absolute Gasteiger partial charge is 0.0302 e. The Hall–Kier alpha value is -1.67. The van der Waals surface area contributed by atoms with Crippen molar-refractivity contribution in [1.29, 1.82) is 0 Å². The van der Waals surface area contributed by atoms with E-state index in [1.165, 1.54) is 30.5 Å². The summed E-state index contributed by atoms with van der Waals surface area (Å²) in [5.74, 6) is 2.28. The van der Waals surface area contributed by atoms with Crippen molar-refractivity contribution in [1.82, 2.24) is 9.88 Å². The molecule has 2 heterocycles. The number of pyridine rings is 1. The highest BCUT2D eigenvalue weighted by atomic mass is 15.2. The molecule has 2 heteroatoms. The third-order valence-corrected chi connectivity index (χ3v) is 5.81. The topological polar surface area (TPSA) is 16.1 Å². The Morgan fingerprint density at radius 3 is 2.73 bits per heavy atom. The molecule has 4 unspecified atom stereocenters. The molecular formula is C20H24N2. The molecular weight excluding hydrogens is 268 g/mol. The van der Waals surface area contributed by atoms with Crippen molar-refractivity contribution in [2.45, 2.75) is 38.3 Å². The second-order valence-corrected chi connectivity index (χ2v) is 7.05. The normalized spacial score (nSPS) is 31.3. The number of fused-ring (bicyclic) bond motifs is 2. The van der Waals surface area contributed by atoms with Gasteiger partial charge in [0.1, 0.15) is 0 Å². The molecule has 2 aromatic rings. The van der Waals surface area contributed by atoms with Crippen molar-refractivity contribution in [3.8, 4) is 0 Å². The third kappa shape index (κ3) is 2.56. The highest BCUT2D eigenvalue weighted by Crippen LogP contribution is 2.47. The van der Waals surface area contributed by atoms with Gasteiger partial charge in [-0.25, -0.2) is 0 Å². The Labute approximate surface area is 133 Å². The number of hydrogen-bond donors (Lipinski definition) is 0. The van der Waals surface area contributed by atoms with E-state index >= 15 is 0 Å². The maximum absolute atomic E-state index is 4.34. The van der Waals surface area contributed by atoms with E-state index in [1.807, 2.05) is 6.20 Å². The van der Waals surface area contributed by atoms with Crippen LogP contribution in [0.2, 0.25) is 0 Å². The highest BCUT2D eigenvalue weighted by Gasteiger charge is 2.44. The second kappa shape index (κ2) is 5.85. The van der Waals surface area contributed by atoms with Gasteiger partial charge in [-0.2, -0.15) is 0 Å². The number of likely N-dealkylation sites (tertiary alicyclic amines) is 1. The standard InChI is InChI=1S/C20H24N2/c1-15-18-10-19(11-20(15)17-8-5-9-21-12-17)22(14-18)13-16-6-3-2-4-7-16/h2-9,12,15,18-20H,10-11,13-14H2,1H3. The molecule has 1 aromatic carbocycles. The van der Waals surface area contributed by atoms with Crippen molar-refractivity contribution in [3.63, 3.8) is 0 Å². The molecule has 4 rings (SSSR count). The van der Waals surface area contributed by atoms with Crippen LogP contribution >= 0.6 is 0 Å². The number of hydrogen-bond acceptors (Lipinski definition) is 2. The van der Waals surface area contributed by atoms with Gasteiger partial charge >= 0.3 is 0 Å². The fourth-order valence-electron chi connectivity index (χ4n) is 4.53. The molecule has 1 aliphatic heterocycles. The molecule has 0 radical (unpaired) electrons. The average molecular weight is 292 g/mol. The summed E-state index contributed by atoms with van der Waals surface area (Å²) in [4.78, 5) is 7.05. The Balaban J connectivity index is 1.52. The van der Waals surface area contributed by atoms with Crippen molar-refractivity contribution in [2.75, 3.05) is 6.54 Å². The molecule has 2 fully saturated rings. The number of benzene rings is 1. The molecule has 2 aliphatic rings.